The monoisotopic (exact) mass is 231 g/mol. The highest BCUT2D eigenvalue weighted by atomic mass is 32.1. The minimum atomic E-state index is 0.520. The van der Waals surface area contributed by atoms with Crippen LogP contribution in [0.5, 0.6) is 0 Å². The van der Waals surface area contributed by atoms with E-state index >= 15 is 0 Å². The number of hydrogen-bond donors (Lipinski definition) is 1. The van der Waals surface area contributed by atoms with Crippen molar-refractivity contribution in [2.45, 2.75) is 13.0 Å². The van der Waals surface area contributed by atoms with E-state index in [0.29, 0.717) is 6.54 Å². The molecule has 0 atom stereocenters. The molecule has 4 heteroatoms. The van der Waals surface area contributed by atoms with Gasteiger partial charge in [0.25, 0.3) is 0 Å². The quantitative estimate of drug-likeness (QED) is 0.862. The number of benzene rings is 1. The largest absolute Gasteiger partial charge is 0.325 e. The molecular weight excluding hydrogens is 218 g/mol. The molecule has 3 nitrogen and oxygen atoms in total. The second-order valence-electron chi connectivity index (χ2n) is 3.86. The molecule has 0 radical (unpaired) electrons. The molecule has 1 aliphatic heterocycles. The summed E-state index contributed by atoms with van der Waals surface area (Å²) >= 11 is 1.67. The molecule has 1 aliphatic rings. The summed E-state index contributed by atoms with van der Waals surface area (Å²) in [5, 5.41) is 3.10. The van der Waals surface area contributed by atoms with Gasteiger partial charge in [0.2, 0.25) is 0 Å². The summed E-state index contributed by atoms with van der Waals surface area (Å²) in [4.78, 5) is 6.81. The lowest BCUT2D eigenvalue weighted by Gasteiger charge is -2.15. The molecule has 1 aromatic carbocycles. The van der Waals surface area contributed by atoms with Gasteiger partial charge in [-0.2, -0.15) is 0 Å². The molecule has 0 amide bonds. The van der Waals surface area contributed by atoms with E-state index in [4.69, 9.17) is 5.73 Å². The maximum atomic E-state index is 5.58. The average molecular weight is 231 g/mol. The number of nitrogens with zero attached hydrogens (tertiary/aromatic N) is 2. The number of anilines is 2. The highest BCUT2D eigenvalue weighted by Gasteiger charge is 2.21. The van der Waals surface area contributed by atoms with Crippen LogP contribution in [0, 0.1) is 0 Å². The van der Waals surface area contributed by atoms with Gasteiger partial charge >= 0.3 is 0 Å². The summed E-state index contributed by atoms with van der Waals surface area (Å²) < 4.78 is 0. The predicted molar refractivity (Wildman–Crippen MR) is 67.2 cm³/mol. The van der Waals surface area contributed by atoms with E-state index in [-0.39, 0.29) is 0 Å². The average Bonchev–Trinajstić information content (AvgIpc) is 2.94. The van der Waals surface area contributed by atoms with E-state index in [9.17, 15) is 0 Å². The number of thiazole rings is 1. The Morgan fingerprint density at radius 2 is 2.25 bits per heavy atom. The van der Waals surface area contributed by atoms with Crippen LogP contribution in [0.1, 0.15) is 11.3 Å². The first-order valence-electron chi connectivity index (χ1n) is 5.38. The van der Waals surface area contributed by atoms with Gasteiger partial charge in [0, 0.05) is 24.2 Å². The summed E-state index contributed by atoms with van der Waals surface area (Å²) in [5.41, 5.74) is 9.26. The van der Waals surface area contributed by atoms with Crippen molar-refractivity contribution in [1.29, 1.82) is 0 Å². The van der Waals surface area contributed by atoms with E-state index in [1.165, 1.54) is 11.3 Å². The number of aromatic nitrogens is 1. The van der Waals surface area contributed by atoms with Crippen LogP contribution >= 0.6 is 11.3 Å². The molecule has 0 fully saturated rings. The minimum Gasteiger partial charge on any atom is -0.325 e. The zero-order valence-electron chi connectivity index (χ0n) is 8.89. The number of nitrogens with two attached hydrogens (primary N) is 1. The van der Waals surface area contributed by atoms with Crippen LogP contribution in [0.15, 0.2) is 29.6 Å². The lowest BCUT2D eigenvalue weighted by Crippen LogP contribution is -2.13. The summed E-state index contributed by atoms with van der Waals surface area (Å²) in [6, 6.07) is 8.52. The Morgan fingerprint density at radius 1 is 1.38 bits per heavy atom. The maximum absolute atomic E-state index is 5.58. The smallest absolute Gasteiger partial charge is 0.190 e. The van der Waals surface area contributed by atoms with Crippen molar-refractivity contribution in [3.8, 4) is 0 Å². The van der Waals surface area contributed by atoms with Gasteiger partial charge in [-0.05, 0) is 18.1 Å². The molecule has 0 unspecified atom stereocenters. The number of para-hydroxylation sites is 1. The lowest BCUT2D eigenvalue weighted by atomic mass is 10.2. The van der Waals surface area contributed by atoms with E-state index < -0.39 is 0 Å². The normalized spacial score (nSPS) is 14.2. The van der Waals surface area contributed by atoms with Crippen molar-refractivity contribution in [3.05, 3.63) is 40.9 Å². The second kappa shape index (κ2) is 3.88. The van der Waals surface area contributed by atoms with E-state index in [2.05, 4.69) is 34.1 Å². The van der Waals surface area contributed by atoms with E-state index in [1.807, 2.05) is 5.38 Å². The third kappa shape index (κ3) is 1.50. The van der Waals surface area contributed by atoms with Gasteiger partial charge < -0.3 is 10.6 Å². The zero-order chi connectivity index (χ0) is 11.0. The highest BCUT2D eigenvalue weighted by molar-refractivity contribution is 7.13. The fourth-order valence-corrected chi connectivity index (χ4v) is 2.93. The zero-order valence-corrected chi connectivity index (χ0v) is 9.70. The van der Waals surface area contributed by atoms with Gasteiger partial charge in [0.1, 0.15) is 0 Å². The topological polar surface area (TPSA) is 42.1 Å². The van der Waals surface area contributed by atoms with Crippen molar-refractivity contribution in [2.75, 3.05) is 11.4 Å². The minimum absolute atomic E-state index is 0.520. The van der Waals surface area contributed by atoms with Gasteiger partial charge in [-0.25, -0.2) is 4.98 Å². The van der Waals surface area contributed by atoms with Crippen LogP contribution in [0.4, 0.5) is 10.8 Å². The van der Waals surface area contributed by atoms with Gasteiger partial charge in [-0.15, -0.1) is 11.3 Å². The fraction of sp³-hybridized carbons (Fsp3) is 0.250. The summed E-state index contributed by atoms with van der Waals surface area (Å²) in [7, 11) is 0. The molecular formula is C12H13N3S. The van der Waals surface area contributed by atoms with Crippen LogP contribution in [-0.2, 0) is 13.0 Å². The Bertz CT molecular complexity index is 506. The molecule has 16 heavy (non-hydrogen) atoms. The molecule has 82 valence electrons. The Morgan fingerprint density at radius 3 is 3.06 bits per heavy atom. The van der Waals surface area contributed by atoms with Crippen LogP contribution in [0.25, 0.3) is 0 Å². The molecule has 0 saturated carbocycles. The molecule has 2 aromatic rings. The van der Waals surface area contributed by atoms with Crippen molar-refractivity contribution < 1.29 is 0 Å². The van der Waals surface area contributed by atoms with Crippen molar-refractivity contribution in [1.82, 2.24) is 4.98 Å². The Kier molecular flexibility index (Phi) is 2.38. The number of fused-ring (bicyclic) bond motifs is 1. The molecule has 3 rings (SSSR count). The van der Waals surface area contributed by atoms with Gasteiger partial charge in [0.05, 0.1) is 5.69 Å². The van der Waals surface area contributed by atoms with Crippen LogP contribution < -0.4 is 10.6 Å². The fourth-order valence-electron chi connectivity index (χ4n) is 2.05. The molecule has 0 saturated heterocycles. The Balaban J connectivity index is 1.98. The molecule has 2 N–H and O–H groups in total. The summed E-state index contributed by atoms with van der Waals surface area (Å²) in [6.45, 7) is 1.54. The van der Waals surface area contributed by atoms with Crippen molar-refractivity contribution in [2.24, 2.45) is 5.73 Å². The predicted octanol–water partition coefficient (Wildman–Crippen LogP) is 2.30. The van der Waals surface area contributed by atoms with Crippen molar-refractivity contribution >= 4 is 22.2 Å². The van der Waals surface area contributed by atoms with E-state index in [1.54, 1.807) is 11.3 Å². The maximum Gasteiger partial charge on any atom is 0.190 e. The second-order valence-corrected chi connectivity index (χ2v) is 4.69. The van der Waals surface area contributed by atoms with Gasteiger partial charge in [-0.1, -0.05) is 18.2 Å². The van der Waals surface area contributed by atoms with Gasteiger partial charge in [0.15, 0.2) is 5.13 Å². The third-order valence-electron chi connectivity index (χ3n) is 2.87. The summed E-state index contributed by atoms with van der Waals surface area (Å²) in [5.74, 6) is 0. The van der Waals surface area contributed by atoms with Crippen molar-refractivity contribution in [3.63, 3.8) is 0 Å². The molecule has 0 aliphatic carbocycles. The standard InChI is InChI=1S/C12H13N3S/c13-7-10-8-16-12(14-10)15-6-5-9-3-1-2-4-11(9)15/h1-4,8H,5-7,13H2. The molecule has 2 heterocycles. The Labute approximate surface area is 98.5 Å². The van der Waals surface area contributed by atoms with Crippen LogP contribution in [-0.4, -0.2) is 11.5 Å². The number of rotatable bonds is 2. The number of hydrogen-bond acceptors (Lipinski definition) is 4. The first-order valence-corrected chi connectivity index (χ1v) is 6.26. The first kappa shape index (κ1) is 9.81. The molecule has 0 spiro atoms. The summed E-state index contributed by atoms with van der Waals surface area (Å²) in [6.07, 6.45) is 1.10. The van der Waals surface area contributed by atoms with Crippen LogP contribution in [0.2, 0.25) is 0 Å². The Hall–Kier alpha value is -1.39. The van der Waals surface area contributed by atoms with Gasteiger partial charge in [-0.3, -0.25) is 0 Å². The van der Waals surface area contributed by atoms with E-state index in [0.717, 1.165) is 23.8 Å². The molecule has 1 aromatic heterocycles. The molecule has 0 bridgehead atoms. The lowest BCUT2D eigenvalue weighted by molar-refractivity contribution is 0.961. The SMILES string of the molecule is NCc1csc(N2CCc3ccccc32)n1. The third-order valence-corrected chi connectivity index (χ3v) is 3.78. The first-order chi connectivity index (χ1) is 7.88. The van der Waals surface area contributed by atoms with Crippen LogP contribution in [0.3, 0.4) is 0 Å². The highest BCUT2D eigenvalue weighted by Crippen LogP contribution is 2.35.